The van der Waals surface area contributed by atoms with Crippen molar-refractivity contribution in [1.29, 1.82) is 0 Å². The van der Waals surface area contributed by atoms with E-state index in [1.54, 1.807) is 0 Å². The lowest BCUT2D eigenvalue weighted by molar-refractivity contribution is 0.0357. The van der Waals surface area contributed by atoms with Gasteiger partial charge in [0.05, 0.1) is 6.61 Å². The van der Waals surface area contributed by atoms with Crippen LogP contribution in [0, 0.1) is 11.3 Å². The second kappa shape index (κ2) is 4.87. The monoisotopic (exact) mass is 238 g/mol. The Labute approximate surface area is 105 Å². The molecule has 1 spiro atoms. The summed E-state index contributed by atoms with van der Waals surface area (Å²) in [7, 11) is 1.86. The highest BCUT2D eigenvalue weighted by Gasteiger charge is 2.51. The molecule has 1 N–H and O–H groups in total. The van der Waals surface area contributed by atoms with Crippen LogP contribution in [-0.4, -0.2) is 50.8 Å². The molecule has 0 amide bonds. The highest BCUT2D eigenvalue weighted by atomic mass is 16.5. The van der Waals surface area contributed by atoms with Crippen LogP contribution in [0.25, 0.3) is 0 Å². The third-order valence-corrected chi connectivity index (χ3v) is 5.38. The molecular formula is C14H26N2O. The highest BCUT2D eigenvalue weighted by molar-refractivity contribution is 5.03. The largest absolute Gasteiger partial charge is 0.384 e. The van der Waals surface area contributed by atoms with Crippen LogP contribution in [0.2, 0.25) is 0 Å². The Bertz CT molecular complexity index is 259. The molecule has 0 aromatic rings. The maximum Gasteiger partial charge on any atom is 0.0508 e. The summed E-state index contributed by atoms with van der Waals surface area (Å²) < 4.78 is 5.45. The van der Waals surface area contributed by atoms with E-state index >= 15 is 0 Å². The van der Waals surface area contributed by atoms with Gasteiger partial charge in [-0.25, -0.2) is 0 Å². The fraction of sp³-hybridized carbons (Fsp3) is 1.00. The number of methoxy groups -OCH3 is 1. The minimum atomic E-state index is 0.640. The van der Waals surface area contributed by atoms with E-state index in [2.05, 4.69) is 10.2 Å². The van der Waals surface area contributed by atoms with Gasteiger partial charge in [-0.3, -0.25) is 4.90 Å². The first-order valence-electron chi connectivity index (χ1n) is 7.28. The van der Waals surface area contributed by atoms with Crippen LogP contribution in [0.5, 0.6) is 0 Å². The first kappa shape index (κ1) is 11.9. The predicted molar refractivity (Wildman–Crippen MR) is 69.1 cm³/mol. The Kier molecular flexibility index (Phi) is 3.42. The zero-order valence-corrected chi connectivity index (χ0v) is 11.1. The van der Waals surface area contributed by atoms with Crippen LogP contribution in [-0.2, 0) is 4.74 Å². The van der Waals surface area contributed by atoms with Gasteiger partial charge < -0.3 is 10.1 Å². The number of nitrogens with zero attached hydrogens (tertiary/aromatic N) is 1. The standard InChI is InChI=1S/C14H26N2O/c1-17-10-12-9-16(11-14(12)5-2-6-14)13-3-7-15-8-4-13/h12-13,15H,2-11H2,1H3/t12-/m0/s1. The Morgan fingerprint density at radius 1 is 1.29 bits per heavy atom. The van der Waals surface area contributed by atoms with E-state index in [9.17, 15) is 0 Å². The number of piperidine rings is 1. The number of ether oxygens (including phenoxy) is 1. The van der Waals surface area contributed by atoms with Crippen molar-refractivity contribution in [3.63, 3.8) is 0 Å². The molecule has 17 heavy (non-hydrogen) atoms. The maximum absolute atomic E-state index is 5.45. The summed E-state index contributed by atoms with van der Waals surface area (Å²) in [4.78, 5) is 2.78. The van der Waals surface area contributed by atoms with Gasteiger partial charge in [-0.05, 0) is 44.2 Å². The smallest absolute Gasteiger partial charge is 0.0508 e. The van der Waals surface area contributed by atoms with Crippen molar-refractivity contribution in [2.45, 2.75) is 38.1 Å². The molecule has 3 aliphatic rings. The topological polar surface area (TPSA) is 24.5 Å². The molecule has 1 atom stereocenters. The number of hydrogen-bond donors (Lipinski definition) is 1. The molecule has 0 bridgehead atoms. The molecule has 2 heterocycles. The fourth-order valence-corrected chi connectivity index (χ4v) is 4.15. The van der Waals surface area contributed by atoms with E-state index in [1.807, 2.05) is 7.11 Å². The molecule has 0 aromatic carbocycles. The molecule has 2 aliphatic heterocycles. The first-order valence-corrected chi connectivity index (χ1v) is 7.28. The molecule has 3 nitrogen and oxygen atoms in total. The van der Waals surface area contributed by atoms with Crippen LogP contribution in [0.3, 0.4) is 0 Å². The quantitative estimate of drug-likeness (QED) is 0.806. The number of hydrogen-bond acceptors (Lipinski definition) is 3. The van der Waals surface area contributed by atoms with Crippen molar-refractivity contribution in [2.75, 3.05) is 39.9 Å². The van der Waals surface area contributed by atoms with Crippen LogP contribution < -0.4 is 5.32 Å². The fourth-order valence-electron chi connectivity index (χ4n) is 4.15. The van der Waals surface area contributed by atoms with Gasteiger partial charge in [-0.2, -0.15) is 0 Å². The third-order valence-electron chi connectivity index (χ3n) is 5.38. The zero-order chi connectivity index (χ0) is 11.7. The number of rotatable bonds is 3. The maximum atomic E-state index is 5.45. The molecule has 2 saturated heterocycles. The average Bonchev–Trinajstić information content (AvgIpc) is 2.70. The second-order valence-electron chi connectivity index (χ2n) is 6.28. The van der Waals surface area contributed by atoms with Crippen LogP contribution >= 0.6 is 0 Å². The second-order valence-corrected chi connectivity index (χ2v) is 6.28. The van der Waals surface area contributed by atoms with E-state index in [-0.39, 0.29) is 0 Å². The van der Waals surface area contributed by atoms with E-state index in [4.69, 9.17) is 4.74 Å². The Balaban J connectivity index is 1.64. The van der Waals surface area contributed by atoms with Gasteiger partial charge in [0.25, 0.3) is 0 Å². The van der Waals surface area contributed by atoms with Crippen LogP contribution in [0.4, 0.5) is 0 Å². The van der Waals surface area contributed by atoms with Crippen molar-refractivity contribution in [1.82, 2.24) is 10.2 Å². The molecule has 1 saturated carbocycles. The Morgan fingerprint density at radius 3 is 2.65 bits per heavy atom. The normalized spacial score (nSPS) is 34.1. The van der Waals surface area contributed by atoms with Gasteiger partial charge in [0.1, 0.15) is 0 Å². The van der Waals surface area contributed by atoms with Crippen molar-refractivity contribution in [2.24, 2.45) is 11.3 Å². The van der Waals surface area contributed by atoms with E-state index < -0.39 is 0 Å². The lowest BCUT2D eigenvalue weighted by atomic mass is 9.63. The van der Waals surface area contributed by atoms with Gasteiger partial charge in [0.2, 0.25) is 0 Å². The van der Waals surface area contributed by atoms with Crippen LogP contribution in [0.15, 0.2) is 0 Å². The minimum absolute atomic E-state index is 0.640. The SMILES string of the molecule is COC[C@@H]1CN(C2CCNCC2)CC12CCC2. The van der Waals surface area contributed by atoms with Gasteiger partial charge in [-0.1, -0.05) is 6.42 Å². The Morgan fingerprint density at radius 2 is 2.06 bits per heavy atom. The molecule has 0 aromatic heterocycles. The van der Waals surface area contributed by atoms with E-state index in [1.165, 1.54) is 58.3 Å². The summed E-state index contributed by atoms with van der Waals surface area (Å²) in [6.45, 7) is 6.04. The molecule has 3 fully saturated rings. The molecule has 98 valence electrons. The molecule has 3 rings (SSSR count). The van der Waals surface area contributed by atoms with Crippen molar-refractivity contribution >= 4 is 0 Å². The average molecular weight is 238 g/mol. The van der Waals surface area contributed by atoms with Gasteiger partial charge in [-0.15, -0.1) is 0 Å². The minimum Gasteiger partial charge on any atom is -0.384 e. The van der Waals surface area contributed by atoms with Gasteiger partial charge in [0, 0.05) is 32.2 Å². The molecular weight excluding hydrogens is 212 g/mol. The lowest BCUT2D eigenvalue weighted by Crippen LogP contribution is -2.44. The summed E-state index contributed by atoms with van der Waals surface area (Å²) in [5.74, 6) is 0.802. The molecule has 1 aliphatic carbocycles. The third kappa shape index (κ3) is 2.13. The Hall–Kier alpha value is -0.120. The summed E-state index contributed by atoms with van der Waals surface area (Å²) in [6, 6.07) is 0.843. The van der Waals surface area contributed by atoms with Crippen molar-refractivity contribution < 1.29 is 4.74 Å². The van der Waals surface area contributed by atoms with Crippen LogP contribution in [0.1, 0.15) is 32.1 Å². The van der Waals surface area contributed by atoms with Gasteiger partial charge >= 0.3 is 0 Å². The lowest BCUT2D eigenvalue weighted by Gasteiger charge is -2.43. The molecule has 0 radical (unpaired) electrons. The summed E-state index contributed by atoms with van der Waals surface area (Å²) in [5, 5.41) is 3.47. The molecule has 3 heteroatoms. The highest BCUT2D eigenvalue weighted by Crippen LogP contribution is 2.52. The van der Waals surface area contributed by atoms with E-state index in [0.29, 0.717) is 5.41 Å². The summed E-state index contributed by atoms with van der Waals surface area (Å²) in [6.07, 6.45) is 7.02. The summed E-state index contributed by atoms with van der Waals surface area (Å²) >= 11 is 0. The molecule has 0 unspecified atom stereocenters. The first-order chi connectivity index (χ1) is 8.34. The predicted octanol–water partition coefficient (Wildman–Crippen LogP) is 1.49. The number of likely N-dealkylation sites (tertiary alicyclic amines) is 1. The zero-order valence-electron chi connectivity index (χ0n) is 11.1. The van der Waals surface area contributed by atoms with E-state index in [0.717, 1.165) is 18.6 Å². The summed E-state index contributed by atoms with van der Waals surface area (Å²) in [5.41, 5.74) is 0.640. The van der Waals surface area contributed by atoms with Crippen molar-refractivity contribution in [3.05, 3.63) is 0 Å². The number of nitrogens with one attached hydrogen (secondary N) is 1. The van der Waals surface area contributed by atoms with Crippen molar-refractivity contribution in [3.8, 4) is 0 Å². The van der Waals surface area contributed by atoms with Gasteiger partial charge in [0.15, 0.2) is 0 Å².